The van der Waals surface area contributed by atoms with Crippen molar-refractivity contribution in [1.82, 2.24) is 10.5 Å². The lowest BCUT2D eigenvalue weighted by atomic mass is 10.2. The first-order valence-corrected chi connectivity index (χ1v) is 11.8. The number of nitrogens with one attached hydrogen (secondary N) is 2. The van der Waals surface area contributed by atoms with E-state index >= 15 is 0 Å². The number of thioether (sulfide) groups is 1. The average Bonchev–Trinajstić information content (AvgIpc) is 3.33. The Labute approximate surface area is 187 Å². The van der Waals surface area contributed by atoms with Gasteiger partial charge < -0.3 is 10.4 Å². The van der Waals surface area contributed by atoms with Crippen molar-refractivity contribution < 1.29 is 14.7 Å². The summed E-state index contributed by atoms with van der Waals surface area (Å²) < 4.78 is 0. The Bertz CT molecular complexity index is 1010. The molecule has 1 aromatic carbocycles. The minimum Gasteiger partial charge on any atom is -0.508 e. The van der Waals surface area contributed by atoms with E-state index in [0.29, 0.717) is 0 Å². The van der Waals surface area contributed by atoms with Gasteiger partial charge in [0.25, 0.3) is 0 Å². The minimum atomic E-state index is -0.538. The Balaban J connectivity index is 1.47. The highest BCUT2D eigenvalue weighted by molar-refractivity contribution is 7.98. The third kappa shape index (κ3) is 7.45. The Morgan fingerprint density at radius 2 is 2.03 bits per heavy atom. The molecule has 3 N–H and O–H groups in total. The number of rotatable bonds is 7. The maximum atomic E-state index is 11.7. The van der Waals surface area contributed by atoms with E-state index in [9.17, 15) is 9.90 Å². The number of aliphatic imine (C=N–C) groups is 1. The van der Waals surface area contributed by atoms with Gasteiger partial charge in [-0.3, -0.25) is 4.84 Å². The number of carbonyl (C=O) groups excluding carboxylic acids is 1. The Morgan fingerprint density at radius 1 is 1.27 bits per heavy atom. The molecule has 3 rings (SSSR count). The molecule has 2 amide bonds. The number of phenols is 1. The van der Waals surface area contributed by atoms with Crippen LogP contribution in [0.3, 0.4) is 0 Å². The average molecular weight is 463 g/mol. The summed E-state index contributed by atoms with van der Waals surface area (Å²) in [5.74, 6) is 0.969. The molecule has 30 heavy (non-hydrogen) atoms. The number of anilines is 2. The van der Waals surface area contributed by atoms with E-state index < -0.39 is 11.6 Å². The summed E-state index contributed by atoms with van der Waals surface area (Å²) >= 11 is 4.72. The first-order chi connectivity index (χ1) is 14.3. The van der Waals surface area contributed by atoms with Crippen LogP contribution in [-0.4, -0.2) is 27.9 Å². The lowest BCUT2D eigenvalue weighted by molar-refractivity contribution is -0.0512. The third-order valence-electron chi connectivity index (χ3n) is 3.41. The fraction of sp³-hybridized carbons (Fsp3) is 0.250. The van der Waals surface area contributed by atoms with Gasteiger partial charge in [0.05, 0.1) is 11.3 Å². The Hall–Kier alpha value is -2.40. The van der Waals surface area contributed by atoms with Crippen molar-refractivity contribution in [2.45, 2.75) is 37.0 Å². The number of hydroxylamine groups is 1. The SMILES string of the molecule is CC(C)(C)ONC(=O)N=Cc1cc(SCc2csc(Nc3ccc(O)cc3)n2)cs1. The van der Waals surface area contributed by atoms with Gasteiger partial charge in [-0.05, 0) is 51.1 Å². The van der Waals surface area contributed by atoms with Gasteiger partial charge in [-0.15, -0.1) is 34.4 Å². The summed E-state index contributed by atoms with van der Waals surface area (Å²) in [4.78, 5) is 27.3. The highest BCUT2D eigenvalue weighted by Gasteiger charge is 2.12. The van der Waals surface area contributed by atoms with Gasteiger partial charge in [0.1, 0.15) is 5.75 Å². The maximum Gasteiger partial charge on any atom is 0.364 e. The van der Waals surface area contributed by atoms with Crippen LogP contribution in [-0.2, 0) is 10.6 Å². The lowest BCUT2D eigenvalue weighted by Crippen LogP contribution is -2.31. The van der Waals surface area contributed by atoms with Crippen LogP contribution in [0.25, 0.3) is 0 Å². The Morgan fingerprint density at radius 3 is 2.77 bits per heavy atom. The van der Waals surface area contributed by atoms with Crippen LogP contribution in [0.1, 0.15) is 31.3 Å². The molecule has 0 unspecified atom stereocenters. The van der Waals surface area contributed by atoms with Crippen LogP contribution in [0.15, 0.2) is 51.0 Å². The van der Waals surface area contributed by atoms with Gasteiger partial charge in [-0.1, -0.05) is 0 Å². The lowest BCUT2D eigenvalue weighted by Gasteiger charge is -2.17. The summed E-state index contributed by atoms with van der Waals surface area (Å²) in [5.41, 5.74) is 3.69. The first-order valence-electron chi connectivity index (χ1n) is 9.01. The summed E-state index contributed by atoms with van der Waals surface area (Å²) in [5, 5.41) is 17.4. The van der Waals surface area contributed by atoms with Crippen molar-refractivity contribution in [1.29, 1.82) is 0 Å². The van der Waals surface area contributed by atoms with E-state index in [1.54, 1.807) is 36.0 Å². The fourth-order valence-corrected chi connectivity index (χ4v) is 4.71. The van der Waals surface area contributed by atoms with E-state index in [1.807, 2.05) is 37.6 Å². The van der Waals surface area contributed by atoms with Gasteiger partial charge in [-0.2, -0.15) is 4.99 Å². The summed E-state index contributed by atoms with van der Waals surface area (Å²) in [6, 6.07) is 8.31. The molecule has 158 valence electrons. The van der Waals surface area contributed by atoms with Crippen molar-refractivity contribution in [2.75, 3.05) is 5.32 Å². The van der Waals surface area contributed by atoms with Crippen LogP contribution >= 0.6 is 34.4 Å². The first kappa shape index (κ1) is 22.3. The van der Waals surface area contributed by atoms with Crippen molar-refractivity contribution in [3.8, 4) is 5.75 Å². The van der Waals surface area contributed by atoms with E-state index in [0.717, 1.165) is 32.0 Å². The number of carbonyl (C=O) groups is 1. The molecule has 0 aliphatic heterocycles. The second-order valence-corrected chi connectivity index (χ2v) is 10.0. The molecule has 0 saturated carbocycles. The highest BCUT2D eigenvalue weighted by Crippen LogP contribution is 2.29. The molecular formula is C20H22N4O3S3. The highest BCUT2D eigenvalue weighted by atomic mass is 32.2. The molecule has 0 aliphatic rings. The van der Waals surface area contributed by atoms with Crippen molar-refractivity contribution in [2.24, 2.45) is 4.99 Å². The molecule has 0 spiro atoms. The zero-order valence-electron chi connectivity index (χ0n) is 16.7. The van der Waals surface area contributed by atoms with Crippen molar-refractivity contribution in [3.05, 3.63) is 51.7 Å². The summed E-state index contributed by atoms with van der Waals surface area (Å²) in [6.07, 6.45) is 1.53. The van der Waals surface area contributed by atoms with E-state index in [1.165, 1.54) is 28.9 Å². The van der Waals surface area contributed by atoms with Gasteiger partial charge >= 0.3 is 6.03 Å². The largest absolute Gasteiger partial charge is 0.508 e. The molecule has 2 aromatic heterocycles. The number of aromatic nitrogens is 1. The molecule has 7 nitrogen and oxygen atoms in total. The number of hydrogen-bond donors (Lipinski definition) is 3. The topological polar surface area (TPSA) is 95.8 Å². The van der Waals surface area contributed by atoms with Gasteiger partial charge in [0, 0.05) is 38.2 Å². The number of amides is 2. The van der Waals surface area contributed by atoms with E-state index in [2.05, 4.69) is 20.8 Å². The van der Waals surface area contributed by atoms with Crippen molar-refractivity contribution in [3.63, 3.8) is 0 Å². The van der Waals surface area contributed by atoms with Crippen LogP contribution in [0.5, 0.6) is 5.75 Å². The molecule has 0 saturated heterocycles. The second-order valence-electron chi connectivity index (χ2n) is 7.17. The normalized spacial score (nSPS) is 11.7. The van der Waals surface area contributed by atoms with Crippen LogP contribution in [0, 0.1) is 0 Å². The summed E-state index contributed by atoms with van der Waals surface area (Å²) in [7, 11) is 0. The molecule has 3 aromatic rings. The number of phenolic OH excluding ortho intramolecular Hbond substituents is 1. The fourth-order valence-electron chi connectivity index (χ4n) is 2.08. The molecule has 2 heterocycles. The second kappa shape index (κ2) is 10.1. The molecule has 0 bridgehead atoms. The zero-order chi connectivity index (χ0) is 21.6. The molecule has 0 atom stereocenters. The van der Waals surface area contributed by atoms with Crippen LogP contribution in [0.2, 0.25) is 0 Å². The number of benzene rings is 1. The number of thiazole rings is 1. The molecular weight excluding hydrogens is 440 g/mol. The van der Waals surface area contributed by atoms with E-state index in [-0.39, 0.29) is 5.75 Å². The standard InChI is InChI=1S/C20H22N4O3S3/c1-20(2,3)27-24-18(26)21-9-16-8-17(12-29-16)28-10-14-11-30-19(23-14)22-13-4-6-15(25)7-5-13/h4-9,11-12,25H,10H2,1-3H3,(H,22,23)(H,24,26). The summed E-state index contributed by atoms with van der Waals surface area (Å²) in [6.45, 7) is 5.53. The molecule has 0 aliphatic carbocycles. The van der Waals surface area contributed by atoms with E-state index in [4.69, 9.17) is 4.84 Å². The molecule has 0 radical (unpaired) electrons. The van der Waals surface area contributed by atoms with Crippen molar-refractivity contribution >= 4 is 57.5 Å². The number of urea groups is 1. The molecule has 10 heteroatoms. The number of nitrogens with zero attached hydrogens (tertiary/aromatic N) is 2. The monoisotopic (exact) mass is 462 g/mol. The Kier molecular flexibility index (Phi) is 7.48. The number of thiophene rings is 1. The predicted molar refractivity (Wildman–Crippen MR) is 124 cm³/mol. The van der Waals surface area contributed by atoms with Crippen LogP contribution in [0.4, 0.5) is 15.6 Å². The number of hydrogen-bond acceptors (Lipinski definition) is 8. The third-order valence-corrected chi connectivity index (χ3v) is 6.24. The molecule has 0 fully saturated rings. The van der Waals surface area contributed by atoms with Gasteiger partial charge in [-0.25, -0.2) is 15.3 Å². The van der Waals surface area contributed by atoms with Gasteiger partial charge in [0.15, 0.2) is 5.13 Å². The zero-order valence-corrected chi connectivity index (χ0v) is 19.2. The van der Waals surface area contributed by atoms with Gasteiger partial charge in [0.2, 0.25) is 0 Å². The van der Waals surface area contributed by atoms with Crippen LogP contribution < -0.4 is 10.8 Å². The smallest absolute Gasteiger partial charge is 0.364 e. The number of aromatic hydroxyl groups is 1. The quantitative estimate of drug-likeness (QED) is 0.178. The minimum absolute atomic E-state index is 0.232. The predicted octanol–water partition coefficient (Wildman–Crippen LogP) is 5.80. The maximum absolute atomic E-state index is 11.7.